The van der Waals surface area contributed by atoms with E-state index in [1.165, 1.54) is 12.3 Å². The fourth-order valence-electron chi connectivity index (χ4n) is 1.05. The Bertz CT molecular complexity index is 403. The Labute approximate surface area is 89.0 Å². The number of halogens is 1. The van der Waals surface area contributed by atoms with E-state index < -0.39 is 9.84 Å². The molecule has 0 saturated carbocycles. The van der Waals surface area contributed by atoms with Crippen LogP contribution in [-0.4, -0.2) is 19.2 Å². The van der Waals surface area contributed by atoms with Gasteiger partial charge >= 0.3 is 0 Å². The van der Waals surface area contributed by atoms with Crippen molar-refractivity contribution < 1.29 is 8.42 Å². The predicted octanol–water partition coefficient (Wildman–Crippen LogP) is 2.31. The number of sulfone groups is 1. The van der Waals surface area contributed by atoms with E-state index in [1.54, 1.807) is 6.07 Å². The molecule has 3 nitrogen and oxygen atoms in total. The van der Waals surface area contributed by atoms with Gasteiger partial charge in [0.1, 0.15) is 10.0 Å². The number of pyridine rings is 1. The summed E-state index contributed by atoms with van der Waals surface area (Å²) in [6, 6.07) is 3.06. The molecular formula is C9H12ClNO2S. The fourth-order valence-corrected chi connectivity index (χ4v) is 3.00. The standard InChI is InChI=1S/C9H12ClNO2S/c1-2-3-7-14(12,13)8-5-4-6-11-9(8)10/h4-6H,2-3,7H2,1H3. The molecule has 78 valence electrons. The Morgan fingerprint density at radius 2 is 2.21 bits per heavy atom. The number of nitrogens with zero attached hydrogens (tertiary/aromatic N) is 1. The number of rotatable bonds is 4. The minimum atomic E-state index is -3.25. The number of unbranched alkanes of at least 4 members (excludes halogenated alkanes) is 1. The average molecular weight is 234 g/mol. The molecule has 0 bridgehead atoms. The molecule has 0 fully saturated rings. The van der Waals surface area contributed by atoms with Gasteiger partial charge in [-0.3, -0.25) is 0 Å². The van der Waals surface area contributed by atoms with Crippen molar-refractivity contribution in [3.8, 4) is 0 Å². The third-order valence-corrected chi connectivity index (χ3v) is 4.07. The predicted molar refractivity (Wildman–Crippen MR) is 56.2 cm³/mol. The van der Waals surface area contributed by atoms with Gasteiger partial charge in [0.2, 0.25) is 0 Å². The normalized spacial score (nSPS) is 11.6. The largest absolute Gasteiger partial charge is 0.243 e. The van der Waals surface area contributed by atoms with Crippen LogP contribution in [0, 0.1) is 0 Å². The van der Waals surface area contributed by atoms with E-state index in [0.29, 0.717) is 6.42 Å². The molecule has 0 aliphatic heterocycles. The topological polar surface area (TPSA) is 47.0 Å². The van der Waals surface area contributed by atoms with Crippen LogP contribution in [0.4, 0.5) is 0 Å². The van der Waals surface area contributed by atoms with E-state index in [9.17, 15) is 8.42 Å². The van der Waals surface area contributed by atoms with Gasteiger partial charge in [0.25, 0.3) is 0 Å². The summed E-state index contributed by atoms with van der Waals surface area (Å²) < 4.78 is 23.4. The quantitative estimate of drug-likeness (QED) is 0.750. The zero-order valence-electron chi connectivity index (χ0n) is 7.90. The summed E-state index contributed by atoms with van der Waals surface area (Å²) in [5, 5.41) is 0.0589. The van der Waals surface area contributed by atoms with Crippen molar-refractivity contribution in [2.75, 3.05) is 5.75 Å². The van der Waals surface area contributed by atoms with E-state index in [4.69, 9.17) is 11.6 Å². The molecule has 0 radical (unpaired) electrons. The molecule has 0 spiro atoms. The lowest BCUT2D eigenvalue weighted by molar-refractivity contribution is 0.592. The Morgan fingerprint density at radius 1 is 1.50 bits per heavy atom. The molecule has 5 heteroatoms. The summed E-state index contributed by atoms with van der Waals surface area (Å²) in [4.78, 5) is 3.87. The fraction of sp³-hybridized carbons (Fsp3) is 0.444. The van der Waals surface area contributed by atoms with Crippen molar-refractivity contribution in [1.82, 2.24) is 4.98 Å². The summed E-state index contributed by atoms with van der Waals surface area (Å²) in [6.45, 7) is 1.94. The van der Waals surface area contributed by atoms with Crippen molar-refractivity contribution in [3.05, 3.63) is 23.5 Å². The first-order valence-electron chi connectivity index (χ1n) is 4.41. The molecule has 14 heavy (non-hydrogen) atoms. The van der Waals surface area contributed by atoms with Gasteiger partial charge in [0, 0.05) is 6.20 Å². The number of hydrogen-bond donors (Lipinski definition) is 0. The first-order chi connectivity index (χ1) is 6.58. The molecule has 1 aromatic heterocycles. The maximum absolute atomic E-state index is 11.7. The van der Waals surface area contributed by atoms with E-state index in [1.807, 2.05) is 6.92 Å². The van der Waals surface area contributed by atoms with Crippen LogP contribution >= 0.6 is 11.6 Å². The molecule has 1 aromatic rings. The van der Waals surface area contributed by atoms with Crippen LogP contribution in [0.5, 0.6) is 0 Å². The van der Waals surface area contributed by atoms with Gasteiger partial charge in [-0.2, -0.15) is 0 Å². The molecule has 1 rings (SSSR count). The molecular weight excluding hydrogens is 222 g/mol. The second kappa shape index (κ2) is 4.75. The average Bonchev–Trinajstić information content (AvgIpc) is 2.15. The molecule has 0 unspecified atom stereocenters. The van der Waals surface area contributed by atoms with E-state index >= 15 is 0 Å². The van der Waals surface area contributed by atoms with Crippen LogP contribution in [0.3, 0.4) is 0 Å². The third-order valence-electron chi connectivity index (χ3n) is 1.83. The Balaban J connectivity index is 2.99. The second-order valence-electron chi connectivity index (χ2n) is 2.96. The van der Waals surface area contributed by atoms with Gasteiger partial charge in [0.15, 0.2) is 9.84 Å². The minimum absolute atomic E-state index is 0.0589. The number of hydrogen-bond acceptors (Lipinski definition) is 3. The summed E-state index contributed by atoms with van der Waals surface area (Å²) in [5.74, 6) is 0.134. The van der Waals surface area contributed by atoms with E-state index in [-0.39, 0.29) is 15.8 Å². The molecule has 0 N–H and O–H groups in total. The van der Waals surface area contributed by atoms with Crippen LogP contribution in [0.2, 0.25) is 5.15 Å². The lowest BCUT2D eigenvalue weighted by Gasteiger charge is -2.03. The van der Waals surface area contributed by atoms with Crippen molar-refractivity contribution >= 4 is 21.4 Å². The summed E-state index contributed by atoms with van der Waals surface area (Å²) >= 11 is 5.70. The van der Waals surface area contributed by atoms with Crippen LogP contribution in [-0.2, 0) is 9.84 Å². The maximum Gasteiger partial charge on any atom is 0.181 e. The SMILES string of the molecule is CCCCS(=O)(=O)c1cccnc1Cl. The van der Waals surface area contributed by atoms with E-state index in [0.717, 1.165) is 6.42 Å². The van der Waals surface area contributed by atoms with Gasteiger partial charge in [-0.15, -0.1) is 0 Å². The maximum atomic E-state index is 11.7. The number of aromatic nitrogens is 1. The minimum Gasteiger partial charge on any atom is -0.243 e. The molecule has 0 atom stereocenters. The monoisotopic (exact) mass is 233 g/mol. The zero-order chi connectivity index (χ0) is 10.6. The van der Waals surface area contributed by atoms with Gasteiger partial charge < -0.3 is 0 Å². The highest BCUT2D eigenvalue weighted by atomic mass is 35.5. The molecule has 1 heterocycles. The van der Waals surface area contributed by atoms with Crippen molar-refractivity contribution in [2.24, 2.45) is 0 Å². The highest BCUT2D eigenvalue weighted by molar-refractivity contribution is 7.91. The van der Waals surface area contributed by atoms with Gasteiger partial charge in [-0.05, 0) is 18.6 Å². The van der Waals surface area contributed by atoms with Crippen LogP contribution in [0.25, 0.3) is 0 Å². The Hall–Kier alpha value is -0.610. The van der Waals surface area contributed by atoms with E-state index in [2.05, 4.69) is 4.98 Å². The van der Waals surface area contributed by atoms with Crippen LogP contribution in [0.15, 0.2) is 23.2 Å². The summed E-state index contributed by atoms with van der Waals surface area (Å²) in [5.41, 5.74) is 0. The lowest BCUT2D eigenvalue weighted by atomic mass is 10.4. The summed E-state index contributed by atoms with van der Waals surface area (Å²) in [7, 11) is -3.25. The Morgan fingerprint density at radius 3 is 2.79 bits per heavy atom. The van der Waals surface area contributed by atoms with Crippen molar-refractivity contribution in [1.29, 1.82) is 0 Å². The molecule has 0 amide bonds. The van der Waals surface area contributed by atoms with Crippen molar-refractivity contribution in [2.45, 2.75) is 24.7 Å². The Kier molecular flexibility index (Phi) is 3.89. The first kappa shape index (κ1) is 11.5. The second-order valence-corrected chi connectivity index (χ2v) is 5.40. The molecule has 0 aliphatic carbocycles. The van der Waals surface area contributed by atoms with Gasteiger partial charge in [-0.25, -0.2) is 13.4 Å². The van der Waals surface area contributed by atoms with Gasteiger partial charge in [0.05, 0.1) is 5.75 Å². The summed E-state index contributed by atoms with van der Waals surface area (Å²) in [6.07, 6.45) is 2.96. The molecule has 0 saturated heterocycles. The highest BCUT2D eigenvalue weighted by Gasteiger charge is 2.17. The van der Waals surface area contributed by atoms with Crippen molar-refractivity contribution in [3.63, 3.8) is 0 Å². The smallest absolute Gasteiger partial charge is 0.181 e. The first-order valence-corrected chi connectivity index (χ1v) is 6.44. The van der Waals surface area contributed by atoms with Crippen LogP contribution < -0.4 is 0 Å². The highest BCUT2D eigenvalue weighted by Crippen LogP contribution is 2.19. The van der Waals surface area contributed by atoms with Crippen LogP contribution in [0.1, 0.15) is 19.8 Å². The lowest BCUT2D eigenvalue weighted by Crippen LogP contribution is -2.07. The molecule has 0 aliphatic rings. The molecule has 0 aromatic carbocycles. The van der Waals surface area contributed by atoms with Gasteiger partial charge in [-0.1, -0.05) is 24.9 Å². The third kappa shape index (κ3) is 2.69. The zero-order valence-corrected chi connectivity index (χ0v) is 9.48.